The highest BCUT2D eigenvalue weighted by atomic mass is 19.1. The molecule has 0 amide bonds. The molecule has 0 saturated carbocycles. The van der Waals surface area contributed by atoms with Crippen molar-refractivity contribution in [3.05, 3.63) is 83.5 Å². The molecule has 0 nitrogen and oxygen atoms in total. The van der Waals surface area contributed by atoms with Crippen molar-refractivity contribution in [3.63, 3.8) is 0 Å². The Morgan fingerprint density at radius 2 is 1.00 bits per heavy atom. The summed E-state index contributed by atoms with van der Waals surface area (Å²) in [6.07, 6.45) is 15.1. The second-order valence-corrected chi connectivity index (χ2v) is 4.49. The standard InChI is InChI=1S/C16H12F2/c17-15-10-16(18)14(12-7-3-4-8-12)9-13(15)11-5-1-2-6-11/h1-12H. The smallest absolute Gasteiger partial charge is 0.130 e. The van der Waals surface area contributed by atoms with E-state index in [1.54, 1.807) is 6.07 Å². The van der Waals surface area contributed by atoms with Gasteiger partial charge in [0.15, 0.2) is 0 Å². The van der Waals surface area contributed by atoms with Gasteiger partial charge in [-0.15, -0.1) is 0 Å². The Morgan fingerprint density at radius 1 is 0.611 bits per heavy atom. The van der Waals surface area contributed by atoms with Crippen LogP contribution in [0.25, 0.3) is 0 Å². The minimum absolute atomic E-state index is 0.0845. The lowest BCUT2D eigenvalue weighted by atomic mass is 9.92. The zero-order valence-corrected chi connectivity index (χ0v) is 9.68. The van der Waals surface area contributed by atoms with Gasteiger partial charge in [0, 0.05) is 17.9 Å². The summed E-state index contributed by atoms with van der Waals surface area (Å²) < 4.78 is 27.7. The van der Waals surface area contributed by atoms with E-state index in [-0.39, 0.29) is 11.8 Å². The van der Waals surface area contributed by atoms with Gasteiger partial charge in [0.05, 0.1) is 0 Å². The number of halogens is 2. The highest BCUT2D eigenvalue weighted by Crippen LogP contribution is 2.32. The molecule has 0 unspecified atom stereocenters. The molecule has 0 aromatic heterocycles. The lowest BCUT2D eigenvalue weighted by Gasteiger charge is -2.13. The summed E-state index contributed by atoms with van der Waals surface area (Å²) in [4.78, 5) is 0. The van der Waals surface area contributed by atoms with Crippen LogP contribution in [0, 0.1) is 11.6 Å². The van der Waals surface area contributed by atoms with Gasteiger partial charge in [0.25, 0.3) is 0 Å². The second-order valence-electron chi connectivity index (χ2n) is 4.49. The molecule has 0 heterocycles. The zero-order valence-electron chi connectivity index (χ0n) is 9.68. The zero-order chi connectivity index (χ0) is 12.5. The van der Waals surface area contributed by atoms with E-state index in [1.807, 2.05) is 48.6 Å². The Balaban J connectivity index is 2.07. The number of hydrogen-bond acceptors (Lipinski definition) is 0. The van der Waals surface area contributed by atoms with Crippen LogP contribution in [-0.4, -0.2) is 0 Å². The average molecular weight is 242 g/mol. The van der Waals surface area contributed by atoms with Crippen LogP contribution in [0.3, 0.4) is 0 Å². The second kappa shape index (κ2) is 4.37. The number of hydrogen-bond donors (Lipinski definition) is 0. The van der Waals surface area contributed by atoms with Crippen molar-refractivity contribution in [1.82, 2.24) is 0 Å². The van der Waals surface area contributed by atoms with Gasteiger partial charge in [-0.2, -0.15) is 0 Å². The molecule has 2 aliphatic rings. The summed E-state index contributed by atoms with van der Waals surface area (Å²) in [7, 11) is 0. The summed E-state index contributed by atoms with van der Waals surface area (Å²) in [6.45, 7) is 0. The van der Waals surface area contributed by atoms with Gasteiger partial charge in [-0.1, -0.05) is 48.6 Å². The third kappa shape index (κ3) is 1.84. The van der Waals surface area contributed by atoms with Crippen LogP contribution < -0.4 is 0 Å². The van der Waals surface area contributed by atoms with E-state index in [2.05, 4.69) is 0 Å². The van der Waals surface area contributed by atoms with Gasteiger partial charge < -0.3 is 0 Å². The topological polar surface area (TPSA) is 0 Å². The van der Waals surface area contributed by atoms with Crippen molar-refractivity contribution < 1.29 is 8.78 Å². The molecule has 0 radical (unpaired) electrons. The molecule has 2 aliphatic carbocycles. The van der Waals surface area contributed by atoms with Gasteiger partial charge in [-0.05, 0) is 17.2 Å². The molecule has 90 valence electrons. The lowest BCUT2D eigenvalue weighted by molar-refractivity contribution is 0.562. The maximum absolute atomic E-state index is 13.8. The Kier molecular flexibility index (Phi) is 2.71. The quantitative estimate of drug-likeness (QED) is 0.721. The third-order valence-electron chi connectivity index (χ3n) is 3.33. The van der Waals surface area contributed by atoms with Gasteiger partial charge in [-0.25, -0.2) is 8.78 Å². The van der Waals surface area contributed by atoms with Crippen LogP contribution in [0.5, 0.6) is 0 Å². The van der Waals surface area contributed by atoms with Gasteiger partial charge in [0.2, 0.25) is 0 Å². The molecule has 1 aromatic carbocycles. The van der Waals surface area contributed by atoms with E-state index in [4.69, 9.17) is 0 Å². The Bertz CT molecular complexity index is 518. The highest BCUT2D eigenvalue weighted by molar-refractivity contribution is 5.43. The first-order valence-corrected chi connectivity index (χ1v) is 5.94. The molecular formula is C16H12F2. The van der Waals surface area contributed by atoms with Gasteiger partial charge in [-0.3, -0.25) is 0 Å². The highest BCUT2D eigenvalue weighted by Gasteiger charge is 2.19. The van der Waals surface area contributed by atoms with E-state index in [0.717, 1.165) is 6.07 Å². The van der Waals surface area contributed by atoms with Crippen molar-refractivity contribution >= 4 is 0 Å². The van der Waals surface area contributed by atoms with E-state index in [0.29, 0.717) is 11.1 Å². The van der Waals surface area contributed by atoms with E-state index in [1.165, 1.54) is 0 Å². The normalized spacial score (nSPS) is 18.3. The fourth-order valence-corrected chi connectivity index (χ4v) is 2.37. The van der Waals surface area contributed by atoms with Crippen LogP contribution in [0.4, 0.5) is 8.78 Å². The van der Waals surface area contributed by atoms with Crippen molar-refractivity contribution in [2.45, 2.75) is 11.8 Å². The van der Waals surface area contributed by atoms with Crippen LogP contribution >= 0.6 is 0 Å². The molecule has 0 bridgehead atoms. The van der Waals surface area contributed by atoms with Crippen LogP contribution in [-0.2, 0) is 0 Å². The average Bonchev–Trinajstić information content (AvgIpc) is 3.01. The first-order chi connectivity index (χ1) is 8.75. The molecule has 3 rings (SSSR count). The lowest BCUT2D eigenvalue weighted by Crippen LogP contribution is -2.02. The molecule has 18 heavy (non-hydrogen) atoms. The minimum atomic E-state index is -0.483. The molecule has 2 heteroatoms. The Labute approximate surface area is 105 Å². The maximum atomic E-state index is 13.8. The van der Waals surface area contributed by atoms with Crippen molar-refractivity contribution in [1.29, 1.82) is 0 Å². The van der Waals surface area contributed by atoms with Gasteiger partial charge in [0.1, 0.15) is 11.6 Å². The van der Waals surface area contributed by atoms with E-state index >= 15 is 0 Å². The van der Waals surface area contributed by atoms with Crippen molar-refractivity contribution in [2.24, 2.45) is 0 Å². The minimum Gasteiger partial charge on any atom is -0.207 e. The molecule has 0 N–H and O–H groups in total. The summed E-state index contributed by atoms with van der Waals surface area (Å²) in [5.41, 5.74) is 1.07. The molecule has 0 saturated heterocycles. The number of benzene rings is 1. The van der Waals surface area contributed by atoms with Gasteiger partial charge >= 0.3 is 0 Å². The largest absolute Gasteiger partial charge is 0.207 e. The van der Waals surface area contributed by atoms with Crippen LogP contribution in [0.2, 0.25) is 0 Å². The maximum Gasteiger partial charge on any atom is 0.130 e. The summed E-state index contributed by atoms with van der Waals surface area (Å²) >= 11 is 0. The van der Waals surface area contributed by atoms with E-state index < -0.39 is 11.6 Å². The third-order valence-corrected chi connectivity index (χ3v) is 3.33. The number of rotatable bonds is 2. The Hall–Kier alpha value is -1.96. The Morgan fingerprint density at radius 3 is 1.39 bits per heavy atom. The first kappa shape index (κ1) is 11.1. The molecule has 1 aromatic rings. The van der Waals surface area contributed by atoms with Crippen molar-refractivity contribution in [3.8, 4) is 0 Å². The van der Waals surface area contributed by atoms with E-state index in [9.17, 15) is 8.78 Å². The predicted molar refractivity (Wildman–Crippen MR) is 68.4 cm³/mol. The molecular weight excluding hydrogens is 230 g/mol. The summed E-state index contributed by atoms with van der Waals surface area (Å²) in [6, 6.07) is 2.63. The fraction of sp³-hybridized carbons (Fsp3) is 0.125. The SMILES string of the molecule is Fc1cc(F)c(C2C=CC=C2)cc1C1C=CC=C1. The number of allylic oxidation sites excluding steroid dienone is 8. The molecule has 0 spiro atoms. The van der Waals surface area contributed by atoms with Crippen LogP contribution in [0.1, 0.15) is 23.0 Å². The fourth-order valence-electron chi connectivity index (χ4n) is 2.37. The molecule has 0 fully saturated rings. The van der Waals surface area contributed by atoms with Crippen LogP contribution in [0.15, 0.2) is 60.7 Å². The predicted octanol–water partition coefficient (Wildman–Crippen LogP) is 4.38. The summed E-state index contributed by atoms with van der Waals surface area (Å²) in [5, 5.41) is 0. The molecule has 0 aliphatic heterocycles. The van der Waals surface area contributed by atoms with Crippen molar-refractivity contribution in [2.75, 3.05) is 0 Å². The molecule has 0 atom stereocenters. The summed E-state index contributed by atoms with van der Waals surface area (Å²) in [5.74, 6) is -1.13. The monoisotopic (exact) mass is 242 g/mol. The first-order valence-electron chi connectivity index (χ1n) is 5.94.